The highest BCUT2D eigenvalue weighted by Gasteiger charge is 2.30. The standard InChI is InChI=1S/C13H25NO2/c1-11(12-4-8-15-9-5-12)14-10-13(2)6-3-7-16-13/h11-12,14H,3-10H2,1-2H3. The molecule has 2 unspecified atom stereocenters. The summed E-state index contributed by atoms with van der Waals surface area (Å²) in [5, 5.41) is 3.65. The van der Waals surface area contributed by atoms with Crippen molar-refractivity contribution in [1.82, 2.24) is 5.32 Å². The van der Waals surface area contributed by atoms with Gasteiger partial charge >= 0.3 is 0 Å². The van der Waals surface area contributed by atoms with Gasteiger partial charge in [0.2, 0.25) is 0 Å². The van der Waals surface area contributed by atoms with Crippen LogP contribution in [0.1, 0.15) is 39.5 Å². The second-order valence-electron chi connectivity index (χ2n) is 5.52. The lowest BCUT2D eigenvalue weighted by molar-refractivity contribution is 0.0126. The van der Waals surface area contributed by atoms with E-state index in [1.165, 1.54) is 25.7 Å². The van der Waals surface area contributed by atoms with Gasteiger partial charge in [0.1, 0.15) is 0 Å². The molecule has 0 aromatic rings. The van der Waals surface area contributed by atoms with Crippen LogP contribution in [0.4, 0.5) is 0 Å². The van der Waals surface area contributed by atoms with Crippen molar-refractivity contribution in [2.45, 2.75) is 51.2 Å². The number of hydrogen-bond acceptors (Lipinski definition) is 3. The normalized spacial score (nSPS) is 34.1. The lowest BCUT2D eigenvalue weighted by Crippen LogP contribution is -2.44. The van der Waals surface area contributed by atoms with Crippen LogP contribution in [0.2, 0.25) is 0 Å². The van der Waals surface area contributed by atoms with Crippen molar-refractivity contribution in [3.05, 3.63) is 0 Å². The van der Waals surface area contributed by atoms with Crippen LogP contribution in [0.25, 0.3) is 0 Å². The Bertz CT molecular complexity index is 208. The SMILES string of the molecule is CC(NCC1(C)CCCO1)C1CCOCC1. The van der Waals surface area contributed by atoms with E-state index >= 15 is 0 Å². The minimum absolute atomic E-state index is 0.0828. The Balaban J connectivity index is 1.71. The van der Waals surface area contributed by atoms with Crippen LogP contribution >= 0.6 is 0 Å². The Kier molecular flexibility index (Phi) is 4.22. The highest BCUT2D eigenvalue weighted by atomic mass is 16.5. The summed E-state index contributed by atoms with van der Waals surface area (Å²) in [7, 11) is 0. The fourth-order valence-corrected chi connectivity index (χ4v) is 2.74. The van der Waals surface area contributed by atoms with Crippen LogP contribution in [0.15, 0.2) is 0 Å². The zero-order valence-electron chi connectivity index (χ0n) is 10.6. The number of rotatable bonds is 4. The molecule has 0 radical (unpaired) electrons. The Morgan fingerprint density at radius 2 is 2.06 bits per heavy atom. The van der Waals surface area contributed by atoms with Crippen molar-refractivity contribution < 1.29 is 9.47 Å². The lowest BCUT2D eigenvalue weighted by atomic mass is 9.92. The summed E-state index contributed by atoms with van der Waals surface area (Å²) in [6.45, 7) is 8.32. The van der Waals surface area contributed by atoms with Gasteiger partial charge in [-0.05, 0) is 45.4 Å². The molecule has 2 rings (SSSR count). The Morgan fingerprint density at radius 3 is 2.69 bits per heavy atom. The van der Waals surface area contributed by atoms with Gasteiger partial charge in [-0.15, -0.1) is 0 Å². The van der Waals surface area contributed by atoms with E-state index in [4.69, 9.17) is 9.47 Å². The molecule has 2 saturated heterocycles. The first-order valence-corrected chi connectivity index (χ1v) is 6.65. The Labute approximate surface area is 98.9 Å². The van der Waals surface area contributed by atoms with Gasteiger partial charge < -0.3 is 14.8 Å². The van der Waals surface area contributed by atoms with Gasteiger partial charge in [0.05, 0.1) is 5.60 Å². The van der Waals surface area contributed by atoms with E-state index in [2.05, 4.69) is 19.2 Å². The number of nitrogens with one attached hydrogen (secondary N) is 1. The van der Waals surface area contributed by atoms with Gasteiger partial charge in [0, 0.05) is 32.4 Å². The van der Waals surface area contributed by atoms with Crippen molar-refractivity contribution in [2.75, 3.05) is 26.4 Å². The first-order valence-electron chi connectivity index (χ1n) is 6.65. The molecular formula is C13H25NO2. The monoisotopic (exact) mass is 227 g/mol. The summed E-state index contributed by atoms with van der Waals surface area (Å²) >= 11 is 0. The minimum Gasteiger partial charge on any atom is -0.381 e. The summed E-state index contributed by atoms with van der Waals surface area (Å²) in [4.78, 5) is 0. The van der Waals surface area contributed by atoms with Gasteiger partial charge in [0.25, 0.3) is 0 Å². The predicted octanol–water partition coefficient (Wildman–Crippen LogP) is 1.96. The topological polar surface area (TPSA) is 30.5 Å². The molecule has 0 saturated carbocycles. The van der Waals surface area contributed by atoms with Crippen LogP contribution in [-0.4, -0.2) is 38.0 Å². The maximum absolute atomic E-state index is 5.79. The van der Waals surface area contributed by atoms with E-state index in [1.54, 1.807) is 0 Å². The van der Waals surface area contributed by atoms with Gasteiger partial charge in [-0.3, -0.25) is 0 Å². The summed E-state index contributed by atoms with van der Waals surface area (Å²) in [5.74, 6) is 0.777. The molecular weight excluding hydrogens is 202 g/mol. The van der Waals surface area contributed by atoms with Crippen molar-refractivity contribution in [1.29, 1.82) is 0 Å². The van der Waals surface area contributed by atoms with E-state index in [-0.39, 0.29) is 5.60 Å². The van der Waals surface area contributed by atoms with Crippen LogP contribution < -0.4 is 5.32 Å². The van der Waals surface area contributed by atoms with Crippen LogP contribution in [0.3, 0.4) is 0 Å². The van der Waals surface area contributed by atoms with Gasteiger partial charge in [0.15, 0.2) is 0 Å². The maximum Gasteiger partial charge on any atom is 0.0779 e. The fourth-order valence-electron chi connectivity index (χ4n) is 2.74. The van der Waals surface area contributed by atoms with Crippen molar-refractivity contribution in [3.8, 4) is 0 Å². The second kappa shape index (κ2) is 5.48. The fraction of sp³-hybridized carbons (Fsp3) is 1.00. The second-order valence-corrected chi connectivity index (χ2v) is 5.52. The molecule has 2 atom stereocenters. The van der Waals surface area contributed by atoms with Crippen LogP contribution in [0.5, 0.6) is 0 Å². The smallest absolute Gasteiger partial charge is 0.0779 e. The maximum atomic E-state index is 5.79. The van der Waals surface area contributed by atoms with Crippen LogP contribution in [-0.2, 0) is 9.47 Å². The molecule has 0 aromatic heterocycles. The van der Waals surface area contributed by atoms with E-state index < -0.39 is 0 Å². The molecule has 2 aliphatic rings. The zero-order valence-corrected chi connectivity index (χ0v) is 10.6. The molecule has 94 valence electrons. The third kappa shape index (κ3) is 3.19. The van der Waals surface area contributed by atoms with Crippen molar-refractivity contribution >= 4 is 0 Å². The average Bonchev–Trinajstić information content (AvgIpc) is 2.75. The molecule has 0 spiro atoms. The summed E-state index contributed by atoms with van der Waals surface area (Å²) in [6.07, 6.45) is 4.81. The zero-order chi connectivity index (χ0) is 11.4. The van der Waals surface area contributed by atoms with E-state index in [0.29, 0.717) is 6.04 Å². The molecule has 2 aliphatic heterocycles. The third-order valence-electron chi connectivity index (χ3n) is 4.07. The van der Waals surface area contributed by atoms with Gasteiger partial charge in [-0.1, -0.05) is 0 Å². The van der Waals surface area contributed by atoms with E-state index in [9.17, 15) is 0 Å². The number of hydrogen-bond donors (Lipinski definition) is 1. The highest BCUT2D eigenvalue weighted by molar-refractivity contribution is 4.85. The van der Waals surface area contributed by atoms with Gasteiger partial charge in [-0.2, -0.15) is 0 Å². The number of ether oxygens (including phenoxy) is 2. The predicted molar refractivity (Wildman–Crippen MR) is 64.6 cm³/mol. The summed E-state index contributed by atoms with van der Waals surface area (Å²) < 4.78 is 11.2. The molecule has 16 heavy (non-hydrogen) atoms. The largest absolute Gasteiger partial charge is 0.381 e. The molecule has 0 bridgehead atoms. The highest BCUT2D eigenvalue weighted by Crippen LogP contribution is 2.25. The quantitative estimate of drug-likeness (QED) is 0.796. The molecule has 0 amide bonds. The molecule has 0 aliphatic carbocycles. The summed E-state index contributed by atoms with van der Waals surface area (Å²) in [5.41, 5.74) is 0.0828. The Hall–Kier alpha value is -0.120. The molecule has 2 heterocycles. The van der Waals surface area contributed by atoms with E-state index in [0.717, 1.165) is 32.3 Å². The Morgan fingerprint density at radius 1 is 1.31 bits per heavy atom. The molecule has 3 heteroatoms. The molecule has 2 fully saturated rings. The van der Waals surface area contributed by atoms with Crippen molar-refractivity contribution in [3.63, 3.8) is 0 Å². The molecule has 0 aromatic carbocycles. The molecule has 1 N–H and O–H groups in total. The van der Waals surface area contributed by atoms with Crippen molar-refractivity contribution in [2.24, 2.45) is 5.92 Å². The first kappa shape index (κ1) is 12.3. The third-order valence-corrected chi connectivity index (χ3v) is 4.07. The average molecular weight is 227 g/mol. The van der Waals surface area contributed by atoms with Gasteiger partial charge in [-0.25, -0.2) is 0 Å². The summed E-state index contributed by atoms with van der Waals surface area (Å²) in [6, 6.07) is 0.588. The lowest BCUT2D eigenvalue weighted by Gasteiger charge is -2.32. The van der Waals surface area contributed by atoms with Crippen LogP contribution in [0, 0.1) is 5.92 Å². The minimum atomic E-state index is 0.0828. The first-order chi connectivity index (χ1) is 7.70. The molecule has 3 nitrogen and oxygen atoms in total. The van der Waals surface area contributed by atoms with E-state index in [1.807, 2.05) is 0 Å².